The maximum Gasteiger partial charge on any atom is 0.0749 e. The molecule has 3 heteroatoms. The lowest BCUT2D eigenvalue weighted by molar-refractivity contribution is 0.122. The molecule has 1 fully saturated rings. The minimum Gasteiger partial charge on any atom is -0.319 e. The molecule has 1 aromatic heterocycles. The first-order valence-electron chi connectivity index (χ1n) is 7.49. The van der Waals surface area contributed by atoms with Crippen LogP contribution in [0.15, 0.2) is 36.5 Å². The van der Waals surface area contributed by atoms with E-state index in [2.05, 4.69) is 46.5 Å². The highest BCUT2D eigenvalue weighted by molar-refractivity contribution is 5.82. The number of benzene rings is 1. The second-order valence-corrected chi connectivity index (χ2v) is 5.81. The standard InChI is InChI=1S/C17H23N3/c1-18-12-14-8-5-11-20(2)17(14)15-9-3-6-13-7-4-10-19-16(13)15/h3-4,6-7,9-10,14,17-18H,5,8,11-12H2,1-2H3. The normalized spacial score (nSPS) is 24.1. The lowest BCUT2D eigenvalue weighted by atomic mass is 9.84. The highest BCUT2D eigenvalue weighted by Gasteiger charge is 2.31. The van der Waals surface area contributed by atoms with Crippen LogP contribution in [0.3, 0.4) is 0 Å². The lowest BCUT2D eigenvalue weighted by Crippen LogP contribution is -2.40. The van der Waals surface area contributed by atoms with Crippen molar-refractivity contribution in [1.29, 1.82) is 0 Å². The fraction of sp³-hybridized carbons (Fsp3) is 0.471. The van der Waals surface area contributed by atoms with E-state index >= 15 is 0 Å². The van der Waals surface area contributed by atoms with Crippen LogP contribution in [0.5, 0.6) is 0 Å². The number of likely N-dealkylation sites (tertiary alicyclic amines) is 1. The highest BCUT2D eigenvalue weighted by Crippen LogP contribution is 2.37. The van der Waals surface area contributed by atoms with Crippen molar-refractivity contribution in [2.24, 2.45) is 5.92 Å². The Bertz CT molecular complexity index is 574. The SMILES string of the molecule is CNCC1CCCN(C)C1c1cccc2cccnc12. The van der Waals surface area contributed by atoms with Crippen LogP contribution in [0.25, 0.3) is 10.9 Å². The van der Waals surface area contributed by atoms with Crippen LogP contribution < -0.4 is 5.32 Å². The second kappa shape index (κ2) is 5.90. The van der Waals surface area contributed by atoms with Gasteiger partial charge in [0, 0.05) is 17.6 Å². The van der Waals surface area contributed by atoms with Gasteiger partial charge in [0.2, 0.25) is 0 Å². The smallest absolute Gasteiger partial charge is 0.0749 e. The molecule has 1 saturated heterocycles. The number of hydrogen-bond acceptors (Lipinski definition) is 3. The minimum absolute atomic E-state index is 0.467. The Hall–Kier alpha value is -1.45. The van der Waals surface area contributed by atoms with Crippen molar-refractivity contribution in [2.45, 2.75) is 18.9 Å². The predicted molar refractivity (Wildman–Crippen MR) is 83.8 cm³/mol. The summed E-state index contributed by atoms with van der Waals surface area (Å²) in [5, 5.41) is 4.60. The zero-order valence-corrected chi connectivity index (χ0v) is 12.3. The summed E-state index contributed by atoms with van der Waals surface area (Å²) in [6, 6.07) is 11.2. The molecule has 2 heterocycles. The number of nitrogens with one attached hydrogen (secondary N) is 1. The maximum atomic E-state index is 4.64. The van der Waals surface area contributed by atoms with Crippen molar-refractivity contribution in [2.75, 3.05) is 27.2 Å². The van der Waals surface area contributed by atoms with Gasteiger partial charge in [0.05, 0.1) is 5.52 Å². The van der Waals surface area contributed by atoms with Crippen LogP contribution in [0.1, 0.15) is 24.4 Å². The highest BCUT2D eigenvalue weighted by atomic mass is 15.1. The first kappa shape index (κ1) is 13.5. The van der Waals surface area contributed by atoms with E-state index in [1.165, 1.54) is 30.3 Å². The van der Waals surface area contributed by atoms with Crippen LogP contribution in [-0.4, -0.2) is 37.1 Å². The summed E-state index contributed by atoms with van der Waals surface area (Å²) in [5.41, 5.74) is 2.54. The Balaban J connectivity index is 2.06. The van der Waals surface area contributed by atoms with E-state index in [0.717, 1.165) is 12.1 Å². The summed E-state index contributed by atoms with van der Waals surface area (Å²) >= 11 is 0. The van der Waals surface area contributed by atoms with Crippen LogP contribution in [0, 0.1) is 5.92 Å². The van der Waals surface area contributed by atoms with E-state index in [4.69, 9.17) is 0 Å². The van der Waals surface area contributed by atoms with Gasteiger partial charge in [-0.2, -0.15) is 0 Å². The second-order valence-electron chi connectivity index (χ2n) is 5.81. The molecule has 1 aliphatic rings. The first-order valence-corrected chi connectivity index (χ1v) is 7.49. The van der Waals surface area contributed by atoms with Crippen molar-refractivity contribution >= 4 is 10.9 Å². The van der Waals surface area contributed by atoms with Gasteiger partial charge in [-0.15, -0.1) is 0 Å². The van der Waals surface area contributed by atoms with Gasteiger partial charge in [0.15, 0.2) is 0 Å². The number of piperidine rings is 1. The molecule has 20 heavy (non-hydrogen) atoms. The topological polar surface area (TPSA) is 28.2 Å². The Labute approximate surface area is 121 Å². The van der Waals surface area contributed by atoms with Gasteiger partial charge in [-0.3, -0.25) is 9.88 Å². The van der Waals surface area contributed by atoms with E-state index in [0.29, 0.717) is 12.0 Å². The molecule has 0 radical (unpaired) electrons. The molecule has 3 nitrogen and oxygen atoms in total. The molecule has 0 saturated carbocycles. The zero-order chi connectivity index (χ0) is 13.9. The van der Waals surface area contributed by atoms with E-state index in [9.17, 15) is 0 Å². The van der Waals surface area contributed by atoms with Gasteiger partial charge in [-0.25, -0.2) is 0 Å². The summed E-state index contributed by atoms with van der Waals surface area (Å²) in [7, 11) is 4.29. The summed E-state index contributed by atoms with van der Waals surface area (Å²) < 4.78 is 0. The predicted octanol–water partition coefficient (Wildman–Crippen LogP) is 2.84. The van der Waals surface area contributed by atoms with Gasteiger partial charge in [-0.1, -0.05) is 24.3 Å². The molecule has 1 aliphatic heterocycles. The van der Waals surface area contributed by atoms with Crippen LogP contribution in [0.4, 0.5) is 0 Å². The molecule has 3 rings (SSSR count). The van der Waals surface area contributed by atoms with Crippen molar-refractivity contribution in [3.63, 3.8) is 0 Å². The molecule has 106 valence electrons. The molecule has 2 unspecified atom stereocenters. The number of fused-ring (bicyclic) bond motifs is 1. The number of pyridine rings is 1. The van der Waals surface area contributed by atoms with Gasteiger partial charge >= 0.3 is 0 Å². The molecule has 1 N–H and O–H groups in total. The van der Waals surface area contributed by atoms with E-state index in [-0.39, 0.29) is 0 Å². The van der Waals surface area contributed by atoms with Crippen LogP contribution >= 0.6 is 0 Å². The van der Waals surface area contributed by atoms with Crippen molar-refractivity contribution in [3.8, 4) is 0 Å². The molecule has 2 aromatic rings. The Morgan fingerprint density at radius 3 is 3.00 bits per heavy atom. The number of para-hydroxylation sites is 1. The summed E-state index contributed by atoms with van der Waals surface area (Å²) in [4.78, 5) is 7.13. The molecule has 2 atom stereocenters. The van der Waals surface area contributed by atoms with Gasteiger partial charge in [-0.05, 0) is 57.6 Å². The molecule has 1 aromatic carbocycles. The van der Waals surface area contributed by atoms with E-state index in [1.54, 1.807) is 0 Å². The maximum absolute atomic E-state index is 4.64. The Morgan fingerprint density at radius 2 is 2.15 bits per heavy atom. The van der Waals surface area contributed by atoms with Crippen molar-refractivity contribution in [3.05, 3.63) is 42.1 Å². The van der Waals surface area contributed by atoms with E-state index < -0.39 is 0 Å². The molecule has 0 spiro atoms. The third-order valence-electron chi connectivity index (χ3n) is 4.46. The number of nitrogens with zero attached hydrogens (tertiary/aromatic N) is 2. The largest absolute Gasteiger partial charge is 0.319 e. The molecular formula is C17H23N3. The van der Waals surface area contributed by atoms with Crippen molar-refractivity contribution < 1.29 is 0 Å². The Kier molecular flexibility index (Phi) is 3.99. The number of hydrogen-bond donors (Lipinski definition) is 1. The zero-order valence-electron chi connectivity index (χ0n) is 12.3. The third kappa shape index (κ3) is 2.43. The minimum atomic E-state index is 0.467. The summed E-state index contributed by atoms with van der Waals surface area (Å²) in [6.07, 6.45) is 4.48. The van der Waals surface area contributed by atoms with Gasteiger partial charge < -0.3 is 5.32 Å². The first-order chi connectivity index (χ1) is 9.81. The molecular weight excluding hydrogens is 246 g/mol. The third-order valence-corrected chi connectivity index (χ3v) is 4.46. The van der Waals surface area contributed by atoms with Gasteiger partial charge in [0.25, 0.3) is 0 Å². The monoisotopic (exact) mass is 269 g/mol. The van der Waals surface area contributed by atoms with E-state index in [1.807, 2.05) is 19.3 Å². The van der Waals surface area contributed by atoms with Crippen LogP contribution in [-0.2, 0) is 0 Å². The molecule has 0 aliphatic carbocycles. The Morgan fingerprint density at radius 1 is 1.30 bits per heavy atom. The summed E-state index contributed by atoms with van der Waals surface area (Å²) in [5.74, 6) is 0.659. The van der Waals surface area contributed by atoms with Crippen molar-refractivity contribution in [1.82, 2.24) is 15.2 Å². The number of rotatable bonds is 3. The fourth-order valence-electron chi connectivity index (χ4n) is 3.59. The van der Waals surface area contributed by atoms with Crippen LogP contribution in [0.2, 0.25) is 0 Å². The number of aromatic nitrogens is 1. The fourth-order valence-corrected chi connectivity index (χ4v) is 3.59. The average Bonchev–Trinajstić information content (AvgIpc) is 2.48. The quantitative estimate of drug-likeness (QED) is 0.928. The molecule has 0 amide bonds. The average molecular weight is 269 g/mol. The summed E-state index contributed by atoms with van der Waals surface area (Å²) in [6.45, 7) is 2.24. The van der Waals surface area contributed by atoms with Gasteiger partial charge in [0.1, 0.15) is 0 Å². The molecule has 0 bridgehead atoms. The lowest BCUT2D eigenvalue weighted by Gasteiger charge is -2.39.